The van der Waals surface area contributed by atoms with Crippen LogP contribution in [0.1, 0.15) is 66.7 Å². The molecule has 1 aliphatic rings. The lowest BCUT2D eigenvalue weighted by molar-refractivity contribution is -0.156. The van der Waals surface area contributed by atoms with E-state index in [2.05, 4.69) is 79.7 Å². The first kappa shape index (κ1) is 31.2. The summed E-state index contributed by atoms with van der Waals surface area (Å²) in [6.07, 6.45) is 6.24. The highest BCUT2D eigenvalue weighted by molar-refractivity contribution is 5.79. The van der Waals surface area contributed by atoms with Crippen LogP contribution in [0.5, 0.6) is 5.75 Å². The van der Waals surface area contributed by atoms with E-state index in [0.29, 0.717) is 32.8 Å². The van der Waals surface area contributed by atoms with Gasteiger partial charge in [-0.3, -0.25) is 0 Å². The highest BCUT2D eigenvalue weighted by atomic mass is 16.6. The molecule has 44 heavy (non-hydrogen) atoms. The molecule has 228 valence electrons. The topological polar surface area (TPSA) is 54.0 Å². The number of carbonyl (C=O) groups excluding carboxylic acids is 1. The molecule has 0 radical (unpaired) electrons. The van der Waals surface area contributed by atoms with E-state index in [-0.39, 0.29) is 12.1 Å². The maximum atomic E-state index is 12.2. The zero-order valence-corrected chi connectivity index (χ0v) is 26.0. The fourth-order valence-electron chi connectivity index (χ4n) is 5.65. The van der Waals surface area contributed by atoms with Crippen LogP contribution < -0.4 is 4.74 Å². The first-order valence-corrected chi connectivity index (χ1v) is 15.7. The minimum Gasteiger partial charge on any atom is -0.491 e. The van der Waals surface area contributed by atoms with E-state index in [1.54, 1.807) is 6.92 Å². The average Bonchev–Trinajstić information content (AvgIpc) is 3.20. The highest BCUT2D eigenvalue weighted by Gasteiger charge is 2.23. The summed E-state index contributed by atoms with van der Waals surface area (Å²) in [4.78, 5) is 12.2. The van der Waals surface area contributed by atoms with Crippen molar-refractivity contribution in [3.05, 3.63) is 124 Å². The molecule has 0 N–H and O–H groups in total. The Bertz CT molecular complexity index is 1540. The fraction of sp³-hybridized carbons (Fsp3) is 0.308. The van der Waals surface area contributed by atoms with Gasteiger partial charge in [-0.25, -0.2) is 4.79 Å². The number of benzene rings is 4. The van der Waals surface area contributed by atoms with Gasteiger partial charge >= 0.3 is 5.97 Å². The van der Waals surface area contributed by atoms with Gasteiger partial charge in [-0.05, 0) is 83.0 Å². The zero-order chi connectivity index (χ0) is 30.7. The molecule has 0 aliphatic heterocycles. The molecule has 0 bridgehead atoms. The molecule has 5 nitrogen and oxygen atoms in total. The van der Waals surface area contributed by atoms with Crippen LogP contribution in [0.15, 0.2) is 91.0 Å². The van der Waals surface area contributed by atoms with Crippen molar-refractivity contribution >= 4 is 18.1 Å². The molecule has 2 atom stereocenters. The van der Waals surface area contributed by atoms with Gasteiger partial charge in [0.25, 0.3) is 0 Å². The lowest BCUT2D eigenvalue weighted by atomic mass is 9.92. The summed E-state index contributed by atoms with van der Waals surface area (Å²) in [6.45, 7) is 7.51. The summed E-state index contributed by atoms with van der Waals surface area (Å²) >= 11 is 0. The molecule has 5 rings (SSSR count). The summed E-state index contributed by atoms with van der Waals surface area (Å²) in [6, 6.07) is 31.6. The maximum absolute atomic E-state index is 12.2. The van der Waals surface area contributed by atoms with Crippen LogP contribution in [-0.4, -0.2) is 38.5 Å². The first-order chi connectivity index (χ1) is 21.6. The van der Waals surface area contributed by atoms with Crippen molar-refractivity contribution in [2.24, 2.45) is 0 Å². The number of hydrogen-bond acceptors (Lipinski definition) is 5. The van der Waals surface area contributed by atoms with Crippen LogP contribution in [-0.2, 0) is 31.8 Å². The van der Waals surface area contributed by atoms with E-state index in [4.69, 9.17) is 18.9 Å². The predicted molar refractivity (Wildman–Crippen MR) is 177 cm³/mol. The van der Waals surface area contributed by atoms with Crippen molar-refractivity contribution in [2.45, 2.75) is 52.2 Å². The van der Waals surface area contributed by atoms with Gasteiger partial charge in [0.1, 0.15) is 18.5 Å². The molecule has 1 aliphatic carbocycles. The minimum atomic E-state index is -0.609. The molecule has 0 saturated carbocycles. The summed E-state index contributed by atoms with van der Waals surface area (Å²) in [5.74, 6) is 0.419. The Balaban J connectivity index is 1.28. The largest absolute Gasteiger partial charge is 0.491 e. The highest BCUT2D eigenvalue weighted by Crippen LogP contribution is 2.38. The van der Waals surface area contributed by atoms with E-state index in [9.17, 15) is 4.79 Å². The quantitative estimate of drug-likeness (QED) is 0.109. The third-order valence-electron chi connectivity index (χ3n) is 7.79. The van der Waals surface area contributed by atoms with Crippen LogP contribution in [0.2, 0.25) is 0 Å². The molecule has 2 unspecified atom stereocenters. The Morgan fingerprint density at radius 1 is 0.727 bits per heavy atom. The maximum Gasteiger partial charge on any atom is 0.335 e. The minimum absolute atomic E-state index is 0.208. The number of ether oxygens (including phenoxy) is 4. The lowest BCUT2D eigenvalue weighted by Crippen LogP contribution is -2.28. The zero-order valence-electron chi connectivity index (χ0n) is 26.0. The Labute approximate surface area is 261 Å². The van der Waals surface area contributed by atoms with E-state index in [1.165, 1.54) is 27.8 Å². The second-order valence-corrected chi connectivity index (χ2v) is 10.9. The molecule has 0 heterocycles. The number of fused-ring (bicyclic) bond motifs is 2. The molecule has 0 saturated heterocycles. The van der Waals surface area contributed by atoms with Gasteiger partial charge in [-0.2, -0.15) is 0 Å². The van der Waals surface area contributed by atoms with E-state index in [0.717, 1.165) is 35.3 Å². The normalized spacial score (nSPS) is 14.3. The van der Waals surface area contributed by atoms with Crippen LogP contribution in [0.4, 0.5) is 0 Å². The smallest absolute Gasteiger partial charge is 0.335 e. The second-order valence-electron chi connectivity index (χ2n) is 10.9. The van der Waals surface area contributed by atoms with Gasteiger partial charge in [0.05, 0.1) is 13.2 Å². The Morgan fingerprint density at radius 3 is 2.14 bits per heavy atom. The monoisotopic (exact) mass is 590 g/mol. The third-order valence-corrected chi connectivity index (χ3v) is 7.79. The SMILES string of the molecule is CCCc1ccc2c(c1)C=Cc1cc(-c3ccccc3)ccc1C2OCCOc1ccc(CC(OCC)C(=O)OCC)cc1. The molecule has 4 aromatic rings. The molecule has 0 amide bonds. The number of esters is 1. The van der Waals surface area contributed by atoms with Crippen molar-refractivity contribution in [1.82, 2.24) is 0 Å². The average molecular weight is 591 g/mol. The molecule has 5 heteroatoms. The van der Waals surface area contributed by atoms with Crippen molar-refractivity contribution < 1.29 is 23.7 Å². The van der Waals surface area contributed by atoms with Crippen molar-refractivity contribution in [3.63, 3.8) is 0 Å². The van der Waals surface area contributed by atoms with Gasteiger partial charge in [-0.15, -0.1) is 0 Å². The van der Waals surface area contributed by atoms with Crippen molar-refractivity contribution in [3.8, 4) is 16.9 Å². The van der Waals surface area contributed by atoms with Crippen LogP contribution in [0, 0.1) is 0 Å². The van der Waals surface area contributed by atoms with Gasteiger partial charge < -0.3 is 18.9 Å². The summed E-state index contributed by atoms with van der Waals surface area (Å²) in [5.41, 5.74) is 9.38. The molecular formula is C39H42O5. The second kappa shape index (κ2) is 15.5. The van der Waals surface area contributed by atoms with Crippen molar-refractivity contribution in [1.29, 1.82) is 0 Å². The third kappa shape index (κ3) is 7.85. The number of aryl methyl sites for hydroxylation is 1. The summed E-state index contributed by atoms with van der Waals surface area (Å²) < 4.78 is 23.4. The van der Waals surface area contributed by atoms with Gasteiger partial charge in [0.2, 0.25) is 0 Å². The van der Waals surface area contributed by atoms with Crippen LogP contribution >= 0.6 is 0 Å². The van der Waals surface area contributed by atoms with Crippen LogP contribution in [0.25, 0.3) is 23.3 Å². The number of hydrogen-bond donors (Lipinski definition) is 0. The number of rotatable bonds is 14. The van der Waals surface area contributed by atoms with Gasteiger partial charge in [0.15, 0.2) is 6.10 Å². The summed E-state index contributed by atoms with van der Waals surface area (Å²) in [7, 11) is 0. The standard InChI is InChI=1S/C39H42O5/c1-4-10-28-15-21-35-32(25-28)16-17-33-27-31(30-11-8-7-9-12-30)18-22-36(33)38(35)44-24-23-43-34-19-13-29(14-20-34)26-37(41-5-2)39(40)42-6-3/h7-9,11-22,25,27,37-38H,4-6,10,23-24,26H2,1-3H3. The Hall–Kier alpha value is -4.19. The van der Waals surface area contributed by atoms with Gasteiger partial charge in [0, 0.05) is 13.0 Å². The number of carbonyl (C=O) groups is 1. The Morgan fingerprint density at radius 2 is 1.43 bits per heavy atom. The lowest BCUT2D eigenvalue weighted by Gasteiger charge is -2.22. The van der Waals surface area contributed by atoms with E-state index in [1.807, 2.05) is 37.3 Å². The molecule has 4 aromatic carbocycles. The molecule has 0 aromatic heterocycles. The molecule has 0 fully saturated rings. The predicted octanol–water partition coefficient (Wildman–Crippen LogP) is 8.49. The first-order valence-electron chi connectivity index (χ1n) is 15.7. The van der Waals surface area contributed by atoms with Crippen molar-refractivity contribution in [2.75, 3.05) is 26.4 Å². The van der Waals surface area contributed by atoms with Gasteiger partial charge in [-0.1, -0.05) is 98.3 Å². The molecule has 0 spiro atoms. The summed E-state index contributed by atoms with van der Waals surface area (Å²) in [5, 5.41) is 0. The van der Waals surface area contributed by atoms with E-state index < -0.39 is 6.10 Å². The molecular weight excluding hydrogens is 548 g/mol. The van der Waals surface area contributed by atoms with Crippen LogP contribution in [0.3, 0.4) is 0 Å². The fourth-order valence-corrected chi connectivity index (χ4v) is 5.65. The Kier molecular flexibility index (Phi) is 11.0. The van der Waals surface area contributed by atoms with E-state index >= 15 is 0 Å².